The number of fused-ring (bicyclic) bond motifs is 4. The van der Waals surface area contributed by atoms with E-state index in [1.54, 1.807) is 14.0 Å². The van der Waals surface area contributed by atoms with Crippen molar-refractivity contribution in [2.24, 2.45) is 51.8 Å². The second kappa shape index (κ2) is 14.6. The van der Waals surface area contributed by atoms with Gasteiger partial charge in [0.05, 0.1) is 40.9 Å². The summed E-state index contributed by atoms with van der Waals surface area (Å²) in [6, 6.07) is -0.768. The summed E-state index contributed by atoms with van der Waals surface area (Å²) in [5.74, 6) is 5.49. The van der Waals surface area contributed by atoms with Gasteiger partial charge in [-0.2, -0.15) is 0 Å². The Morgan fingerprint density at radius 1 is 0.949 bits per heavy atom. The Morgan fingerprint density at radius 3 is 2.51 bits per heavy atom. The minimum atomic E-state index is -1.77. The molecule has 5 aliphatic heterocycles. The summed E-state index contributed by atoms with van der Waals surface area (Å²) >= 11 is 0. The second-order valence-electron chi connectivity index (χ2n) is 21.2. The summed E-state index contributed by atoms with van der Waals surface area (Å²) in [5, 5.41) is 65.8. The van der Waals surface area contributed by atoms with E-state index in [4.69, 9.17) is 14.2 Å². The quantitative estimate of drug-likeness (QED) is 0.127. The van der Waals surface area contributed by atoms with E-state index in [-0.39, 0.29) is 48.2 Å². The molecule has 7 fully saturated rings. The van der Waals surface area contributed by atoms with Gasteiger partial charge in [-0.3, -0.25) is 14.9 Å². The number of aliphatic hydroxyl groups excluding tert-OH is 3. The average molecular weight is 821 g/mol. The van der Waals surface area contributed by atoms with E-state index in [0.717, 1.165) is 62.5 Å². The van der Waals surface area contributed by atoms with Crippen molar-refractivity contribution in [2.75, 3.05) is 33.5 Å². The Balaban J connectivity index is 1.14. The highest BCUT2D eigenvalue weighted by molar-refractivity contribution is 6.01. The van der Waals surface area contributed by atoms with Crippen LogP contribution in [0, 0.1) is 63.6 Å². The van der Waals surface area contributed by atoms with Crippen molar-refractivity contribution < 1.29 is 49.3 Å². The highest BCUT2D eigenvalue weighted by Gasteiger charge is 2.80. The van der Waals surface area contributed by atoms with Gasteiger partial charge in [0.1, 0.15) is 18.4 Å². The Bertz CT molecular complexity index is 1800. The summed E-state index contributed by atoms with van der Waals surface area (Å²) < 4.78 is 18.2. The molecule has 326 valence electrons. The smallest absolute Gasteiger partial charge is 0.240 e. The number of hydrogen-bond acceptors (Lipinski definition) is 11. The average Bonchev–Trinajstić information content (AvgIpc) is 3.81. The van der Waals surface area contributed by atoms with Crippen LogP contribution in [0.2, 0.25) is 0 Å². The molecule has 4 saturated carbocycles. The zero-order chi connectivity index (χ0) is 41.3. The minimum Gasteiger partial charge on any atom is -0.396 e. The summed E-state index contributed by atoms with van der Waals surface area (Å²) in [5.41, 5.74) is -3.81. The van der Waals surface area contributed by atoms with Crippen LogP contribution < -0.4 is 5.32 Å². The number of Topliss-reactive ketones (excluding diaryl/α,β-unsaturated/α-hetero) is 1. The molecule has 11 rings (SSSR count). The molecule has 3 saturated heterocycles. The van der Waals surface area contributed by atoms with Gasteiger partial charge in [-0.25, -0.2) is 0 Å². The molecule has 11 aliphatic rings. The number of aliphatic hydroxyl groups is 5. The number of carbonyl (C=O) groups excluding carboxylic acids is 2. The van der Waals surface area contributed by atoms with Crippen LogP contribution in [0.5, 0.6) is 0 Å². The molecule has 12 heteroatoms. The van der Waals surface area contributed by atoms with Crippen molar-refractivity contribution >= 4 is 11.7 Å². The van der Waals surface area contributed by atoms with Gasteiger partial charge in [-0.05, 0) is 124 Å². The predicted molar refractivity (Wildman–Crippen MR) is 215 cm³/mol. The molecule has 0 radical (unpaired) electrons. The van der Waals surface area contributed by atoms with E-state index in [1.165, 1.54) is 0 Å². The Morgan fingerprint density at radius 2 is 1.75 bits per heavy atom. The van der Waals surface area contributed by atoms with Crippen LogP contribution in [-0.2, 0) is 23.8 Å². The zero-order valence-electron chi connectivity index (χ0n) is 35.4. The maximum absolute atomic E-state index is 15.3. The number of piperidine rings is 1. The van der Waals surface area contributed by atoms with Crippen molar-refractivity contribution in [1.29, 1.82) is 0 Å². The topological polar surface area (TPSA) is 178 Å². The number of ketones is 1. The normalized spacial score (nSPS) is 51.5. The minimum absolute atomic E-state index is 0.0510. The molecule has 59 heavy (non-hydrogen) atoms. The Hall–Kier alpha value is -1.92. The second-order valence-corrected chi connectivity index (χ2v) is 21.2. The molecule has 12 nitrogen and oxygen atoms in total. The fourth-order valence-corrected chi connectivity index (χ4v) is 16.0. The molecule has 0 unspecified atom stereocenters. The van der Waals surface area contributed by atoms with Gasteiger partial charge >= 0.3 is 0 Å². The van der Waals surface area contributed by atoms with Crippen molar-refractivity contribution in [3.63, 3.8) is 0 Å². The summed E-state index contributed by atoms with van der Waals surface area (Å²) in [6.45, 7) is 5.39. The van der Waals surface area contributed by atoms with E-state index in [1.807, 2.05) is 4.90 Å². The van der Waals surface area contributed by atoms with E-state index in [2.05, 4.69) is 24.1 Å². The number of methoxy groups -OCH3 is 1. The van der Waals surface area contributed by atoms with Crippen molar-refractivity contribution in [1.82, 2.24) is 10.2 Å². The Kier molecular flexibility index (Phi) is 10.1. The molecule has 6 N–H and O–H groups in total. The van der Waals surface area contributed by atoms with Crippen LogP contribution in [-0.4, -0.2) is 130 Å². The molecule has 1 amide bonds. The molecule has 5 heterocycles. The van der Waals surface area contributed by atoms with Crippen LogP contribution in [0.1, 0.15) is 117 Å². The monoisotopic (exact) mass is 820 g/mol. The highest BCUT2D eigenvalue weighted by Crippen LogP contribution is 2.79. The molecule has 7 bridgehead atoms. The molecule has 17 atom stereocenters. The van der Waals surface area contributed by atoms with E-state index >= 15 is 4.79 Å². The number of amides is 1. The summed E-state index contributed by atoms with van der Waals surface area (Å²) in [4.78, 5) is 31.2. The number of hydrogen-bond donors (Lipinski definition) is 6. The molecular weight excluding hydrogens is 753 g/mol. The van der Waals surface area contributed by atoms with Gasteiger partial charge in [-0.1, -0.05) is 32.1 Å². The van der Waals surface area contributed by atoms with Gasteiger partial charge in [0.15, 0.2) is 5.78 Å². The van der Waals surface area contributed by atoms with Crippen LogP contribution in [0.25, 0.3) is 0 Å². The Labute approximate surface area is 349 Å². The third-order valence-corrected chi connectivity index (χ3v) is 18.9. The first-order chi connectivity index (χ1) is 28.3. The van der Waals surface area contributed by atoms with Crippen LogP contribution >= 0.6 is 0 Å². The molecule has 0 aromatic heterocycles. The van der Waals surface area contributed by atoms with Gasteiger partial charge in [0.2, 0.25) is 5.91 Å². The summed E-state index contributed by atoms with van der Waals surface area (Å²) in [6.07, 6.45) is 7.12. The molecular formula is C47H68N2O10. The lowest BCUT2D eigenvalue weighted by molar-refractivity contribution is -0.229. The third-order valence-electron chi connectivity index (χ3n) is 18.9. The van der Waals surface area contributed by atoms with E-state index in [0.29, 0.717) is 71.1 Å². The highest BCUT2D eigenvalue weighted by atomic mass is 16.5. The number of rotatable bonds is 7. The lowest BCUT2D eigenvalue weighted by Gasteiger charge is -2.69. The van der Waals surface area contributed by atoms with E-state index < -0.39 is 75.8 Å². The van der Waals surface area contributed by atoms with Crippen molar-refractivity contribution in [3.05, 3.63) is 11.1 Å². The standard InChI is InChI=1S/C47H68N2O10/c1-43-16-14-29(58-20-8-19-57-3)22-33(43)36(51)30-13-12-27-21-35-44(2,55)40(52)37-32(25-50)31-23-34(48-41(53)38(31)59-37)42(54)49-24-28(49)11-7-15-45(43)17-18-46(35,47(27,56)39(30)45)26-9-5-4-6-10-26/h26-29,31-35,37-38,40-41,48,50,52-53,55-56H,4-6,8-14,16-25H2,1-3H3/t27-,28-,29-,31+,32+,33-,34-,35+,37-,38-,40+,41-,43-,44-,45-,46-,47+,49?/m0/s1. The third kappa shape index (κ3) is 5.60. The fraction of sp³-hybridized carbons (Fsp3) is 0.872. The number of ether oxygens (including phenoxy) is 3. The van der Waals surface area contributed by atoms with Gasteiger partial charge in [-0.15, -0.1) is 5.92 Å². The first-order valence-corrected chi connectivity index (χ1v) is 23.3. The van der Waals surface area contributed by atoms with Crippen LogP contribution in [0.4, 0.5) is 0 Å². The number of carbonyl (C=O) groups is 2. The van der Waals surface area contributed by atoms with Crippen LogP contribution in [0.3, 0.4) is 0 Å². The molecule has 0 aromatic carbocycles. The summed E-state index contributed by atoms with van der Waals surface area (Å²) in [7, 11) is 1.69. The lowest BCUT2D eigenvalue weighted by Crippen LogP contribution is -2.71. The molecule has 0 aromatic rings. The lowest BCUT2D eigenvalue weighted by atomic mass is 9.35. The molecule has 6 aliphatic carbocycles. The molecule has 1 spiro atoms. The maximum Gasteiger partial charge on any atom is 0.240 e. The maximum atomic E-state index is 15.3. The SMILES string of the molecule is COCCCO[C@H]1CC[C@@]2(C)[C@@H](C1)C(=O)C1=C3[C@@]24C#CC[C@H]2CN2C(=O)[C@@H]2C[C@@H]5[C@@H](CO)[C@H](O[C@@H]5[C@H](O)N2)[C@@H](O)[C@@](C)(O)[C@H]2C[C@H](CC1)[C@]3(O)[C@]2(C1CCCCC1)CC4. The largest absolute Gasteiger partial charge is 0.396 e. The van der Waals surface area contributed by atoms with Crippen LogP contribution in [0.15, 0.2) is 11.1 Å². The van der Waals surface area contributed by atoms with Gasteiger partial charge < -0.3 is 44.6 Å². The number of allylic oxidation sites excluding steroid dienone is 1. The number of nitrogens with zero attached hydrogens (tertiary/aromatic N) is 1. The number of nitrogens with one attached hydrogen (secondary N) is 1. The van der Waals surface area contributed by atoms with E-state index in [9.17, 15) is 30.3 Å². The fourth-order valence-electron chi connectivity index (χ4n) is 16.0. The van der Waals surface area contributed by atoms with Crippen molar-refractivity contribution in [3.8, 4) is 11.8 Å². The predicted octanol–water partition coefficient (Wildman–Crippen LogP) is 3.00. The van der Waals surface area contributed by atoms with Gasteiger partial charge in [0.25, 0.3) is 0 Å². The first kappa shape index (κ1) is 41.1. The zero-order valence-corrected chi connectivity index (χ0v) is 35.4. The van der Waals surface area contributed by atoms with Crippen molar-refractivity contribution in [2.45, 2.75) is 171 Å². The van der Waals surface area contributed by atoms with Gasteiger partial charge in [0, 0.05) is 57.1 Å². The first-order valence-electron chi connectivity index (χ1n) is 23.3.